The fourth-order valence-corrected chi connectivity index (χ4v) is 2.72. The molecule has 96 valence electrons. The minimum absolute atomic E-state index is 0.882. The van der Waals surface area contributed by atoms with Gasteiger partial charge in [0.1, 0.15) is 5.75 Å². The minimum atomic E-state index is 0.882. The van der Waals surface area contributed by atoms with Gasteiger partial charge >= 0.3 is 0 Å². The molecule has 0 bridgehead atoms. The molecule has 0 aromatic heterocycles. The molecular weight excluding hydrogens is 298 g/mol. The summed E-state index contributed by atoms with van der Waals surface area (Å²) < 4.78 is 6.21. The van der Waals surface area contributed by atoms with E-state index >= 15 is 0 Å². The summed E-state index contributed by atoms with van der Waals surface area (Å²) in [6.45, 7) is 4.20. The summed E-state index contributed by atoms with van der Waals surface area (Å²) in [5.74, 6) is 3.34. The van der Waals surface area contributed by atoms with Gasteiger partial charge in [-0.05, 0) is 58.1 Å². The van der Waals surface area contributed by atoms with E-state index in [1.54, 1.807) is 7.11 Å². The van der Waals surface area contributed by atoms with Crippen molar-refractivity contribution in [1.82, 2.24) is 5.32 Å². The van der Waals surface area contributed by atoms with Crippen molar-refractivity contribution in [3.8, 4) is 5.75 Å². The van der Waals surface area contributed by atoms with Crippen molar-refractivity contribution < 1.29 is 4.74 Å². The van der Waals surface area contributed by atoms with Crippen molar-refractivity contribution in [2.75, 3.05) is 25.2 Å². The van der Waals surface area contributed by atoms with Crippen molar-refractivity contribution in [3.05, 3.63) is 28.2 Å². The fraction of sp³-hybridized carbons (Fsp3) is 0.538. The number of nitrogens with one attached hydrogen (secondary N) is 1. The molecular formula is C13H20BrNOS. The van der Waals surface area contributed by atoms with Gasteiger partial charge in [-0.25, -0.2) is 0 Å². The van der Waals surface area contributed by atoms with Gasteiger partial charge in [0, 0.05) is 6.54 Å². The Morgan fingerprint density at radius 3 is 2.88 bits per heavy atom. The lowest BCUT2D eigenvalue weighted by Gasteiger charge is -2.07. The first-order chi connectivity index (χ1) is 8.27. The van der Waals surface area contributed by atoms with Gasteiger partial charge in [-0.2, -0.15) is 11.8 Å². The van der Waals surface area contributed by atoms with Crippen molar-refractivity contribution >= 4 is 27.7 Å². The SMILES string of the molecule is CCSCCCNCc1ccc(OC)c(Br)c1. The molecule has 0 unspecified atom stereocenters. The summed E-state index contributed by atoms with van der Waals surface area (Å²) in [7, 11) is 1.68. The van der Waals surface area contributed by atoms with Crippen LogP contribution in [0, 0.1) is 0 Å². The van der Waals surface area contributed by atoms with Gasteiger partial charge in [0.05, 0.1) is 11.6 Å². The monoisotopic (exact) mass is 317 g/mol. The van der Waals surface area contributed by atoms with E-state index in [0.29, 0.717) is 0 Å². The van der Waals surface area contributed by atoms with Crippen molar-refractivity contribution in [2.45, 2.75) is 19.9 Å². The van der Waals surface area contributed by atoms with E-state index in [2.05, 4.69) is 40.3 Å². The first kappa shape index (κ1) is 14.9. The van der Waals surface area contributed by atoms with E-state index in [1.807, 2.05) is 17.8 Å². The molecule has 0 saturated carbocycles. The van der Waals surface area contributed by atoms with Gasteiger partial charge < -0.3 is 10.1 Å². The molecule has 0 aliphatic rings. The smallest absolute Gasteiger partial charge is 0.133 e. The average Bonchev–Trinajstić information content (AvgIpc) is 2.34. The van der Waals surface area contributed by atoms with E-state index in [-0.39, 0.29) is 0 Å². The molecule has 2 nitrogen and oxygen atoms in total. The number of benzene rings is 1. The number of halogens is 1. The molecule has 1 aromatic rings. The maximum Gasteiger partial charge on any atom is 0.133 e. The highest BCUT2D eigenvalue weighted by atomic mass is 79.9. The third-order valence-electron chi connectivity index (χ3n) is 2.39. The molecule has 4 heteroatoms. The Bertz CT molecular complexity index is 333. The highest BCUT2D eigenvalue weighted by molar-refractivity contribution is 9.10. The summed E-state index contributed by atoms with van der Waals surface area (Å²) >= 11 is 5.49. The van der Waals surface area contributed by atoms with Gasteiger partial charge in [-0.3, -0.25) is 0 Å². The van der Waals surface area contributed by atoms with Crippen molar-refractivity contribution in [1.29, 1.82) is 0 Å². The average molecular weight is 318 g/mol. The molecule has 0 aliphatic heterocycles. The highest BCUT2D eigenvalue weighted by Crippen LogP contribution is 2.25. The molecule has 1 aromatic carbocycles. The lowest BCUT2D eigenvalue weighted by Crippen LogP contribution is -2.15. The molecule has 0 spiro atoms. The van der Waals surface area contributed by atoms with Gasteiger partial charge in [0.15, 0.2) is 0 Å². The van der Waals surface area contributed by atoms with E-state index < -0.39 is 0 Å². The summed E-state index contributed by atoms with van der Waals surface area (Å²) in [6.07, 6.45) is 1.23. The third-order valence-corrected chi connectivity index (χ3v) is 4.00. The van der Waals surface area contributed by atoms with Crippen LogP contribution >= 0.6 is 27.7 Å². The van der Waals surface area contributed by atoms with Gasteiger partial charge in [0.2, 0.25) is 0 Å². The van der Waals surface area contributed by atoms with Crippen LogP contribution in [0.25, 0.3) is 0 Å². The second-order valence-corrected chi connectivity index (χ2v) is 5.94. The zero-order valence-corrected chi connectivity index (χ0v) is 12.9. The van der Waals surface area contributed by atoms with Crippen LogP contribution in [0.2, 0.25) is 0 Å². The minimum Gasteiger partial charge on any atom is -0.496 e. The normalized spacial score (nSPS) is 10.5. The number of thioether (sulfide) groups is 1. The maximum absolute atomic E-state index is 5.20. The number of rotatable bonds is 8. The largest absolute Gasteiger partial charge is 0.496 e. The van der Waals surface area contributed by atoms with Crippen LogP contribution < -0.4 is 10.1 Å². The molecule has 0 aliphatic carbocycles. The Kier molecular flexibility index (Phi) is 7.73. The van der Waals surface area contributed by atoms with Crippen LogP contribution in [0.3, 0.4) is 0 Å². The summed E-state index contributed by atoms with van der Waals surface area (Å²) in [5.41, 5.74) is 1.28. The number of ether oxygens (including phenoxy) is 1. The van der Waals surface area contributed by atoms with Crippen LogP contribution in [-0.2, 0) is 6.54 Å². The quantitative estimate of drug-likeness (QED) is 0.739. The molecule has 0 amide bonds. The molecule has 0 atom stereocenters. The standard InChI is InChI=1S/C13H20BrNOS/c1-3-17-8-4-7-15-10-11-5-6-13(16-2)12(14)9-11/h5-6,9,15H,3-4,7-8,10H2,1-2H3. The summed E-state index contributed by atoms with van der Waals surface area (Å²) in [4.78, 5) is 0. The fourth-order valence-electron chi connectivity index (χ4n) is 1.50. The van der Waals surface area contributed by atoms with Crippen LogP contribution in [0.4, 0.5) is 0 Å². The molecule has 17 heavy (non-hydrogen) atoms. The topological polar surface area (TPSA) is 21.3 Å². The molecule has 0 radical (unpaired) electrons. The van der Waals surface area contributed by atoms with Crippen molar-refractivity contribution in [2.24, 2.45) is 0 Å². The Hall–Kier alpha value is -0.190. The second kappa shape index (κ2) is 8.84. The summed E-state index contributed by atoms with van der Waals surface area (Å²) in [5, 5.41) is 3.45. The highest BCUT2D eigenvalue weighted by Gasteiger charge is 2.00. The summed E-state index contributed by atoms with van der Waals surface area (Å²) in [6, 6.07) is 6.19. The molecule has 0 fully saturated rings. The van der Waals surface area contributed by atoms with Gasteiger partial charge in [-0.1, -0.05) is 13.0 Å². The molecule has 1 rings (SSSR count). The predicted molar refractivity (Wildman–Crippen MR) is 80.0 cm³/mol. The van der Waals surface area contributed by atoms with Crippen LogP contribution in [0.15, 0.2) is 22.7 Å². The van der Waals surface area contributed by atoms with Crippen LogP contribution in [0.1, 0.15) is 18.9 Å². The maximum atomic E-state index is 5.20. The number of methoxy groups -OCH3 is 1. The Morgan fingerprint density at radius 2 is 2.24 bits per heavy atom. The Morgan fingerprint density at radius 1 is 1.41 bits per heavy atom. The Labute approximate surface area is 117 Å². The first-order valence-electron chi connectivity index (χ1n) is 5.88. The van der Waals surface area contributed by atoms with Crippen LogP contribution in [-0.4, -0.2) is 25.2 Å². The Balaban J connectivity index is 2.25. The zero-order valence-electron chi connectivity index (χ0n) is 10.5. The van der Waals surface area contributed by atoms with Crippen molar-refractivity contribution in [3.63, 3.8) is 0 Å². The zero-order chi connectivity index (χ0) is 12.5. The lowest BCUT2D eigenvalue weighted by atomic mass is 10.2. The van der Waals surface area contributed by atoms with E-state index in [0.717, 1.165) is 23.3 Å². The predicted octanol–water partition coefficient (Wildman–Crippen LogP) is 3.69. The molecule has 0 saturated heterocycles. The van der Waals surface area contributed by atoms with Gasteiger partial charge in [0.25, 0.3) is 0 Å². The molecule has 0 heterocycles. The van der Waals surface area contributed by atoms with E-state index in [4.69, 9.17) is 4.74 Å². The van der Waals surface area contributed by atoms with E-state index in [9.17, 15) is 0 Å². The first-order valence-corrected chi connectivity index (χ1v) is 7.83. The third kappa shape index (κ3) is 5.80. The number of hydrogen-bond acceptors (Lipinski definition) is 3. The van der Waals surface area contributed by atoms with Crippen LogP contribution in [0.5, 0.6) is 5.75 Å². The lowest BCUT2D eigenvalue weighted by molar-refractivity contribution is 0.412. The van der Waals surface area contributed by atoms with Gasteiger partial charge in [-0.15, -0.1) is 0 Å². The van der Waals surface area contributed by atoms with E-state index in [1.165, 1.54) is 23.5 Å². The second-order valence-electron chi connectivity index (χ2n) is 3.70. The molecule has 1 N–H and O–H groups in total. The number of hydrogen-bond donors (Lipinski definition) is 1.